The lowest BCUT2D eigenvalue weighted by molar-refractivity contribution is -0.143. The van der Waals surface area contributed by atoms with Crippen LogP contribution in [0.4, 0.5) is 0 Å². The van der Waals surface area contributed by atoms with Crippen molar-refractivity contribution in [3.8, 4) is 0 Å². The second kappa shape index (κ2) is 7.65. The van der Waals surface area contributed by atoms with Gasteiger partial charge in [-0.15, -0.1) is 0 Å². The monoisotopic (exact) mass is 327 g/mol. The van der Waals surface area contributed by atoms with Crippen LogP contribution in [0.2, 0.25) is 0 Å². The molecule has 1 aromatic carbocycles. The van der Waals surface area contributed by atoms with E-state index in [-0.39, 0.29) is 11.8 Å². The van der Waals surface area contributed by atoms with Crippen LogP contribution < -0.4 is 5.32 Å². The summed E-state index contributed by atoms with van der Waals surface area (Å²) in [4.78, 5) is 11.1. The second-order valence-corrected chi connectivity index (χ2v) is 6.13. The zero-order chi connectivity index (χ0) is 14.4. The van der Waals surface area contributed by atoms with E-state index in [2.05, 4.69) is 40.3 Å². The predicted molar refractivity (Wildman–Crippen MR) is 81.4 cm³/mol. The van der Waals surface area contributed by atoms with Crippen molar-refractivity contribution in [2.24, 2.45) is 11.8 Å². The molecule has 0 radical (unpaired) electrons. The Morgan fingerprint density at radius 2 is 2.11 bits per heavy atom. The summed E-state index contributed by atoms with van der Waals surface area (Å²) in [6.07, 6.45) is 0.912. The van der Waals surface area contributed by atoms with Crippen molar-refractivity contribution in [3.05, 3.63) is 33.8 Å². The molecule has 1 aromatic rings. The lowest BCUT2D eigenvalue weighted by Gasteiger charge is -2.17. The number of carboxylic acids is 1. The minimum Gasteiger partial charge on any atom is -0.481 e. The van der Waals surface area contributed by atoms with Crippen molar-refractivity contribution in [1.82, 2.24) is 5.32 Å². The fourth-order valence-electron chi connectivity index (χ4n) is 2.00. The normalized spacial score (nSPS) is 12.7. The average molecular weight is 328 g/mol. The molecule has 0 bridgehead atoms. The second-order valence-electron chi connectivity index (χ2n) is 5.21. The van der Waals surface area contributed by atoms with Crippen molar-refractivity contribution in [1.29, 1.82) is 0 Å². The molecule has 0 amide bonds. The molecule has 1 rings (SSSR count). The molecule has 0 aliphatic heterocycles. The fourth-order valence-corrected chi connectivity index (χ4v) is 2.41. The van der Waals surface area contributed by atoms with Crippen molar-refractivity contribution >= 4 is 21.9 Å². The van der Waals surface area contributed by atoms with Gasteiger partial charge in [0.15, 0.2) is 0 Å². The SMILES string of the molecule is Cc1ccc(Br)cc1CCNCC(C(=O)O)C(C)C. The van der Waals surface area contributed by atoms with Gasteiger partial charge in [0, 0.05) is 11.0 Å². The van der Waals surface area contributed by atoms with E-state index in [0.717, 1.165) is 17.4 Å². The molecule has 0 saturated heterocycles. The first-order chi connectivity index (χ1) is 8.91. The van der Waals surface area contributed by atoms with E-state index >= 15 is 0 Å². The number of nitrogens with one attached hydrogen (secondary N) is 1. The Morgan fingerprint density at radius 1 is 1.42 bits per heavy atom. The highest BCUT2D eigenvalue weighted by Crippen LogP contribution is 2.16. The van der Waals surface area contributed by atoms with Crippen LogP contribution in [0, 0.1) is 18.8 Å². The molecule has 0 aliphatic carbocycles. The maximum Gasteiger partial charge on any atom is 0.308 e. The van der Waals surface area contributed by atoms with Gasteiger partial charge in [-0.25, -0.2) is 0 Å². The van der Waals surface area contributed by atoms with Crippen LogP contribution in [0.1, 0.15) is 25.0 Å². The van der Waals surface area contributed by atoms with Gasteiger partial charge < -0.3 is 10.4 Å². The van der Waals surface area contributed by atoms with Crippen LogP contribution in [0.3, 0.4) is 0 Å². The molecule has 19 heavy (non-hydrogen) atoms. The Morgan fingerprint density at radius 3 is 2.68 bits per heavy atom. The number of rotatable bonds is 7. The molecule has 1 atom stereocenters. The predicted octanol–water partition coefficient (Wildman–Crippen LogP) is 3.25. The zero-order valence-corrected chi connectivity index (χ0v) is 13.3. The molecule has 0 spiro atoms. The van der Waals surface area contributed by atoms with Gasteiger partial charge in [-0.3, -0.25) is 4.79 Å². The molecule has 0 saturated carbocycles. The van der Waals surface area contributed by atoms with Crippen LogP contribution in [0.25, 0.3) is 0 Å². The van der Waals surface area contributed by atoms with E-state index in [1.54, 1.807) is 0 Å². The Bertz CT molecular complexity index is 432. The van der Waals surface area contributed by atoms with Crippen LogP contribution in [-0.2, 0) is 11.2 Å². The highest BCUT2D eigenvalue weighted by atomic mass is 79.9. The van der Waals surface area contributed by atoms with Crippen LogP contribution in [0.5, 0.6) is 0 Å². The molecular weight excluding hydrogens is 306 g/mol. The summed E-state index contributed by atoms with van der Waals surface area (Å²) in [6, 6.07) is 6.24. The maximum absolute atomic E-state index is 11.1. The minimum absolute atomic E-state index is 0.151. The Kier molecular flexibility index (Phi) is 6.52. The van der Waals surface area contributed by atoms with Crippen molar-refractivity contribution in [2.45, 2.75) is 27.2 Å². The Labute approximate surface area is 123 Å². The number of halogens is 1. The topological polar surface area (TPSA) is 49.3 Å². The number of carbonyl (C=O) groups is 1. The molecule has 0 aromatic heterocycles. The summed E-state index contributed by atoms with van der Waals surface area (Å²) in [5, 5.41) is 12.3. The number of carboxylic acid groups (broad SMARTS) is 1. The Balaban J connectivity index is 2.42. The van der Waals surface area contributed by atoms with Gasteiger partial charge in [-0.2, -0.15) is 0 Å². The maximum atomic E-state index is 11.1. The molecule has 106 valence electrons. The average Bonchev–Trinajstić information content (AvgIpc) is 2.32. The Hall–Kier alpha value is -0.870. The van der Waals surface area contributed by atoms with Crippen LogP contribution >= 0.6 is 15.9 Å². The van der Waals surface area contributed by atoms with Gasteiger partial charge in [-0.1, -0.05) is 35.8 Å². The number of benzene rings is 1. The highest BCUT2D eigenvalue weighted by molar-refractivity contribution is 9.10. The summed E-state index contributed by atoms with van der Waals surface area (Å²) in [7, 11) is 0. The molecule has 2 N–H and O–H groups in total. The highest BCUT2D eigenvalue weighted by Gasteiger charge is 2.20. The van der Waals surface area contributed by atoms with Gasteiger partial charge in [0.1, 0.15) is 0 Å². The van der Waals surface area contributed by atoms with Gasteiger partial charge in [0.25, 0.3) is 0 Å². The standard InChI is InChI=1S/C15H22BrNO2/c1-10(2)14(15(18)19)9-17-7-6-12-8-13(16)5-4-11(12)3/h4-5,8,10,14,17H,6-7,9H2,1-3H3,(H,18,19). The number of hydrogen-bond acceptors (Lipinski definition) is 2. The van der Waals surface area contributed by atoms with E-state index in [9.17, 15) is 4.79 Å². The summed E-state index contributed by atoms with van der Waals surface area (Å²) in [5.74, 6) is -0.887. The smallest absolute Gasteiger partial charge is 0.308 e. The summed E-state index contributed by atoms with van der Waals surface area (Å²) in [6.45, 7) is 7.31. The number of aliphatic carboxylic acids is 1. The van der Waals surface area contributed by atoms with Gasteiger partial charge in [-0.05, 0) is 49.1 Å². The third-order valence-corrected chi connectivity index (χ3v) is 3.86. The van der Waals surface area contributed by atoms with E-state index in [4.69, 9.17) is 5.11 Å². The molecule has 0 fully saturated rings. The lowest BCUT2D eigenvalue weighted by atomic mass is 9.96. The quantitative estimate of drug-likeness (QED) is 0.756. The van der Waals surface area contributed by atoms with Gasteiger partial charge in [0.2, 0.25) is 0 Å². The lowest BCUT2D eigenvalue weighted by Crippen LogP contribution is -2.33. The van der Waals surface area contributed by atoms with E-state index in [1.165, 1.54) is 11.1 Å². The van der Waals surface area contributed by atoms with Crippen molar-refractivity contribution in [2.75, 3.05) is 13.1 Å². The van der Waals surface area contributed by atoms with Crippen molar-refractivity contribution < 1.29 is 9.90 Å². The van der Waals surface area contributed by atoms with E-state index < -0.39 is 5.97 Å². The third-order valence-electron chi connectivity index (χ3n) is 3.37. The fraction of sp³-hybridized carbons (Fsp3) is 0.533. The van der Waals surface area contributed by atoms with Crippen LogP contribution in [-0.4, -0.2) is 24.2 Å². The molecule has 3 nitrogen and oxygen atoms in total. The van der Waals surface area contributed by atoms with E-state index in [0.29, 0.717) is 6.54 Å². The number of aryl methyl sites for hydroxylation is 1. The van der Waals surface area contributed by atoms with Crippen molar-refractivity contribution in [3.63, 3.8) is 0 Å². The third kappa shape index (κ3) is 5.33. The zero-order valence-electron chi connectivity index (χ0n) is 11.7. The summed E-state index contributed by atoms with van der Waals surface area (Å²) < 4.78 is 1.08. The first-order valence-electron chi connectivity index (χ1n) is 6.60. The molecule has 4 heteroatoms. The van der Waals surface area contributed by atoms with E-state index in [1.807, 2.05) is 19.9 Å². The summed E-state index contributed by atoms with van der Waals surface area (Å²) >= 11 is 3.47. The summed E-state index contributed by atoms with van der Waals surface area (Å²) in [5.41, 5.74) is 2.56. The van der Waals surface area contributed by atoms with Crippen LogP contribution in [0.15, 0.2) is 22.7 Å². The first kappa shape index (κ1) is 16.2. The van der Waals surface area contributed by atoms with Gasteiger partial charge >= 0.3 is 5.97 Å². The molecular formula is C15H22BrNO2. The minimum atomic E-state index is -0.721. The molecule has 0 aliphatic rings. The molecule has 1 unspecified atom stereocenters. The first-order valence-corrected chi connectivity index (χ1v) is 7.39. The number of hydrogen-bond donors (Lipinski definition) is 2. The van der Waals surface area contributed by atoms with Gasteiger partial charge in [0.05, 0.1) is 5.92 Å². The molecule has 0 heterocycles. The largest absolute Gasteiger partial charge is 0.481 e.